The smallest absolute Gasteiger partial charge is 0.118 e. The van der Waals surface area contributed by atoms with Gasteiger partial charge in [-0.25, -0.2) is 0 Å². The van der Waals surface area contributed by atoms with Gasteiger partial charge in [0, 0.05) is 4.90 Å². The van der Waals surface area contributed by atoms with Gasteiger partial charge in [0.2, 0.25) is 0 Å². The molecule has 1 atom stereocenters. The van der Waals surface area contributed by atoms with Gasteiger partial charge in [0.05, 0.1) is 17.9 Å². The molecule has 0 aromatic heterocycles. The maximum Gasteiger partial charge on any atom is 0.118 e. The number of halogens is 1. The van der Waals surface area contributed by atoms with Gasteiger partial charge in [-0.15, -0.1) is 11.6 Å². The van der Waals surface area contributed by atoms with Crippen molar-refractivity contribution >= 4 is 22.4 Å². The van der Waals surface area contributed by atoms with Crippen molar-refractivity contribution < 1.29 is 8.95 Å². The summed E-state index contributed by atoms with van der Waals surface area (Å²) >= 11 is 5.43. The minimum atomic E-state index is -1.09. The number of methoxy groups -OCH3 is 1. The van der Waals surface area contributed by atoms with Crippen LogP contribution in [0.1, 0.15) is 0 Å². The molecule has 0 heterocycles. The molecule has 0 aliphatic heterocycles. The number of hydrogen-bond acceptors (Lipinski definition) is 2. The minimum Gasteiger partial charge on any atom is -0.497 e. The predicted molar refractivity (Wildman–Crippen MR) is 50.1 cm³/mol. The lowest BCUT2D eigenvalue weighted by atomic mass is 10.3. The summed E-state index contributed by atoms with van der Waals surface area (Å²) in [7, 11) is 0.500. The summed E-state index contributed by atoms with van der Waals surface area (Å²) in [5.41, 5.74) is 0. The topological polar surface area (TPSA) is 26.3 Å². The number of hydrogen-bond donors (Lipinski definition) is 0. The maximum atomic E-state index is 11.2. The van der Waals surface area contributed by atoms with E-state index in [9.17, 15) is 4.21 Å². The zero-order chi connectivity index (χ0) is 8.97. The van der Waals surface area contributed by atoms with Crippen LogP contribution in [0.4, 0.5) is 0 Å². The molecule has 1 rings (SSSR count). The first kappa shape index (κ1) is 9.55. The highest BCUT2D eigenvalue weighted by Gasteiger charge is 2.00. The molecule has 66 valence electrons. The molecule has 0 saturated carbocycles. The Hall–Kier alpha value is -0.540. The van der Waals surface area contributed by atoms with Crippen LogP contribution < -0.4 is 4.74 Å². The summed E-state index contributed by atoms with van der Waals surface area (Å²) in [5, 5.41) is 0.131. The van der Waals surface area contributed by atoms with Gasteiger partial charge in [-0.2, -0.15) is 0 Å². The van der Waals surface area contributed by atoms with Crippen LogP contribution in [-0.2, 0) is 10.8 Å². The highest BCUT2D eigenvalue weighted by atomic mass is 35.5. The summed E-state index contributed by atoms with van der Waals surface area (Å²) in [4.78, 5) is 0.728. The lowest BCUT2D eigenvalue weighted by Gasteiger charge is -2.00. The van der Waals surface area contributed by atoms with E-state index < -0.39 is 10.8 Å². The molecule has 0 bridgehead atoms. The van der Waals surface area contributed by atoms with Gasteiger partial charge in [0.25, 0.3) is 0 Å². The van der Waals surface area contributed by atoms with Gasteiger partial charge < -0.3 is 4.74 Å². The Morgan fingerprint density at radius 2 is 2.00 bits per heavy atom. The van der Waals surface area contributed by atoms with E-state index >= 15 is 0 Å². The first-order valence-electron chi connectivity index (χ1n) is 3.36. The van der Waals surface area contributed by atoms with Crippen molar-refractivity contribution in [3.63, 3.8) is 0 Å². The fraction of sp³-hybridized carbons (Fsp3) is 0.250. The van der Waals surface area contributed by atoms with E-state index in [2.05, 4.69) is 0 Å². The van der Waals surface area contributed by atoms with Crippen LogP contribution in [-0.4, -0.2) is 16.5 Å². The van der Waals surface area contributed by atoms with Crippen LogP contribution in [0, 0.1) is 0 Å². The van der Waals surface area contributed by atoms with Crippen LogP contribution >= 0.6 is 11.6 Å². The second-order valence-electron chi connectivity index (χ2n) is 2.13. The quantitative estimate of drug-likeness (QED) is 0.704. The van der Waals surface area contributed by atoms with Gasteiger partial charge in [-0.1, -0.05) is 0 Å². The molecule has 1 unspecified atom stereocenters. The van der Waals surface area contributed by atoms with E-state index in [1.807, 2.05) is 0 Å². The molecule has 0 N–H and O–H groups in total. The van der Waals surface area contributed by atoms with Crippen LogP contribution in [0.25, 0.3) is 0 Å². The first-order valence-corrected chi connectivity index (χ1v) is 5.21. The largest absolute Gasteiger partial charge is 0.497 e. The first-order chi connectivity index (χ1) is 5.77. The second-order valence-corrected chi connectivity index (χ2v) is 4.17. The second kappa shape index (κ2) is 4.48. The molecule has 1 aromatic carbocycles. The van der Waals surface area contributed by atoms with Crippen molar-refractivity contribution in [3.05, 3.63) is 24.3 Å². The molecule has 0 amide bonds. The number of alkyl halides is 1. The number of benzene rings is 1. The van der Waals surface area contributed by atoms with Gasteiger partial charge in [-0.05, 0) is 24.3 Å². The zero-order valence-electron chi connectivity index (χ0n) is 6.62. The highest BCUT2D eigenvalue weighted by molar-refractivity contribution is 7.86. The monoisotopic (exact) mass is 204 g/mol. The lowest BCUT2D eigenvalue weighted by Crippen LogP contribution is -1.91. The van der Waals surface area contributed by atoms with Crippen molar-refractivity contribution in [1.82, 2.24) is 0 Å². The van der Waals surface area contributed by atoms with Crippen LogP contribution in [0.15, 0.2) is 29.2 Å². The molecule has 0 saturated heterocycles. The molecule has 0 spiro atoms. The standard InChI is InChI=1S/C8H9ClO2S/c1-11-7-2-4-8(5-3-7)12(10)6-9/h2-5H,6H2,1H3. The molecule has 12 heavy (non-hydrogen) atoms. The summed E-state index contributed by atoms with van der Waals surface area (Å²) < 4.78 is 16.1. The predicted octanol–water partition coefficient (Wildman–Crippen LogP) is 2.00. The fourth-order valence-electron chi connectivity index (χ4n) is 0.791. The van der Waals surface area contributed by atoms with Gasteiger partial charge in [0.15, 0.2) is 0 Å². The fourth-order valence-corrected chi connectivity index (χ4v) is 1.73. The van der Waals surface area contributed by atoms with Crippen molar-refractivity contribution in [3.8, 4) is 5.75 Å². The van der Waals surface area contributed by atoms with Gasteiger partial charge in [0.1, 0.15) is 11.0 Å². The van der Waals surface area contributed by atoms with Crippen LogP contribution in [0.3, 0.4) is 0 Å². The average Bonchev–Trinajstić information content (AvgIpc) is 2.17. The summed E-state index contributed by atoms with van der Waals surface area (Å²) in [6, 6.07) is 7.02. The van der Waals surface area contributed by atoms with Crippen molar-refractivity contribution in [2.75, 3.05) is 12.3 Å². The summed E-state index contributed by atoms with van der Waals surface area (Å²) in [6.45, 7) is 0. The van der Waals surface area contributed by atoms with Crippen molar-refractivity contribution in [2.45, 2.75) is 4.90 Å². The van der Waals surface area contributed by atoms with E-state index in [0.29, 0.717) is 0 Å². The van der Waals surface area contributed by atoms with E-state index in [-0.39, 0.29) is 5.21 Å². The normalized spacial score (nSPS) is 12.5. The average molecular weight is 205 g/mol. The Morgan fingerprint density at radius 3 is 2.42 bits per heavy atom. The summed E-state index contributed by atoms with van der Waals surface area (Å²) in [5.74, 6) is 0.755. The Balaban J connectivity index is 2.84. The lowest BCUT2D eigenvalue weighted by molar-refractivity contribution is 0.414. The third-order valence-corrected chi connectivity index (χ3v) is 3.01. The molecule has 0 radical (unpaired) electrons. The molecule has 0 aliphatic carbocycles. The number of ether oxygens (including phenoxy) is 1. The molecule has 4 heteroatoms. The van der Waals surface area contributed by atoms with Crippen LogP contribution in [0.5, 0.6) is 5.75 Å². The highest BCUT2D eigenvalue weighted by Crippen LogP contribution is 2.14. The maximum absolute atomic E-state index is 11.2. The van der Waals surface area contributed by atoms with Gasteiger partial charge in [-0.3, -0.25) is 4.21 Å². The third-order valence-electron chi connectivity index (χ3n) is 1.42. The Morgan fingerprint density at radius 1 is 1.42 bits per heavy atom. The van der Waals surface area contributed by atoms with E-state index in [4.69, 9.17) is 16.3 Å². The Labute approximate surface area is 79.0 Å². The number of rotatable bonds is 3. The molecular formula is C8H9ClO2S. The zero-order valence-corrected chi connectivity index (χ0v) is 8.19. The molecule has 0 fully saturated rings. The van der Waals surface area contributed by atoms with E-state index in [1.165, 1.54) is 0 Å². The van der Waals surface area contributed by atoms with Crippen molar-refractivity contribution in [1.29, 1.82) is 0 Å². The SMILES string of the molecule is COc1ccc(S(=O)CCl)cc1. The molecule has 1 aromatic rings. The Kier molecular flexibility index (Phi) is 3.56. The van der Waals surface area contributed by atoms with E-state index in [0.717, 1.165) is 10.6 Å². The Bertz CT molecular complexity index is 271. The summed E-state index contributed by atoms with van der Waals surface area (Å²) in [6.07, 6.45) is 0. The third kappa shape index (κ3) is 2.22. The van der Waals surface area contributed by atoms with Gasteiger partial charge >= 0.3 is 0 Å². The van der Waals surface area contributed by atoms with Crippen molar-refractivity contribution in [2.24, 2.45) is 0 Å². The molecular weight excluding hydrogens is 196 g/mol. The minimum absolute atomic E-state index is 0.131. The molecule has 2 nitrogen and oxygen atoms in total. The van der Waals surface area contributed by atoms with E-state index in [1.54, 1.807) is 31.4 Å². The van der Waals surface area contributed by atoms with Crippen LogP contribution in [0.2, 0.25) is 0 Å². The molecule has 0 aliphatic rings.